The van der Waals surface area contributed by atoms with Crippen LogP contribution in [0, 0.1) is 33.5 Å². The van der Waals surface area contributed by atoms with E-state index in [4.69, 9.17) is 0 Å². The number of halogens is 1. The molecule has 0 fully saturated rings. The first kappa shape index (κ1) is 15.2. The molecule has 2 aromatic carbocycles. The molecule has 0 radical (unpaired) electrons. The third kappa shape index (κ3) is 3.48. The summed E-state index contributed by atoms with van der Waals surface area (Å²) in [6.07, 6.45) is 0. The second-order valence-corrected chi connectivity index (χ2v) is 5.54. The van der Waals surface area contributed by atoms with Crippen LogP contribution in [-0.4, -0.2) is 5.91 Å². The minimum absolute atomic E-state index is 0.0908. The molecule has 0 saturated carbocycles. The Morgan fingerprint density at radius 2 is 1.62 bits per heavy atom. The topological polar surface area (TPSA) is 29.1 Å². The number of carbonyl (C=O) groups excluding carboxylic acids is 1. The number of nitrogens with one attached hydrogen (secondary N) is 1. The summed E-state index contributed by atoms with van der Waals surface area (Å²) in [5, 5.41) is 2.90. The molecular weight excluding hydrogens is 265 g/mol. The van der Waals surface area contributed by atoms with Crippen molar-refractivity contribution in [1.29, 1.82) is 0 Å². The van der Waals surface area contributed by atoms with Gasteiger partial charge in [0, 0.05) is 12.1 Å². The van der Waals surface area contributed by atoms with E-state index in [-0.39, 0.29) is 11.7 Å². The van der Waals surface area contributed by atoms with Gasteiger partial charge in [-0.3, -0.25) is 4.79 Å². The van der Waals surface area contributed by atoms with Crippen LogP contribution in [0.2, 0.25) is 0 Å². The highest BCUT2D eigenvalue weighted by atomic mass is 19.1. The van der Waals surface area contributed by atoms with Crippen molar-refractivity contribution >= 4 is 5.91 Å². The molecule has 2 nitrogen and oxygen atoms in total. The van der Waals surface area contributed by atoms with Crippen molar-refractivity contribution in [2.24, 2.45) is 0 Å². The van der Waals surface area contributed by atoms with Gasteiger partial charge in [0.25, 0.3) is 5.91 Å². The monoisotopic (exact) mass is 285 g/mol. The first-order chi connectivity index (χ1) is 9.88. The Labute approximate surface area is 125 Å². The van der Waals surface area contributed by atoms with Gasteiger partial charge in [0.1, 0.15) is 5.82 Å². The molecule has 110 valence electrons. The van der Waals surface area contributed by atoms with Gasteiger partial charge in [0.15, 0.2) is 0 Å². The maximum Gasteiger partial charge on any atom is 0.252 e. The lowest BCUT2D eigenvalue weighted by atomic mass is 9.99. The van der Waals surface area contributed by atoms with Crippen molar-refractivity contribution in [2.75, 3.05) is 0 Å². The molecule has 1 amide bonds. The molecule has 0 aliphatic carbocycles. The highest BCUT2D eigenvalue weighted by molar-refractivity contribution is 5.97. The van der Waals surface area contributed by atoms with E-state index in [9.17, 15) is 9.18 Å². The van der Waals surface area contributed by atoms with Crippen molar-refractivity contribution in [1.82, 2.24) is 5.32 Å². The molecule has 2 rings (SSSR count). The normalized spacial score (nSPS) is 10.5. The van der Waals surface area contributed by atoms with Crippen molar-refractivity contribution in [3.05, 3.63) is 69.5 Å². The van der Waals surface area contributed by atoms with Gasteiger partial charge in [-0.15, -0.1) is 0 Å². The van der Waals surface area contributed by atoms with Crippen LogP contribution in [0.1, 0.15) is 38.2 Å². The second kappa shape index (κ2) is 6.08. The third-order valence-corrected chi connectivity index (χ3v) is 3.58. The Morgan fingerprint density at radius 3 is 2.19 bits per heavy atom. The van der Waals surface area contributed by atoms with Crippen LogP contribution in [0.5, 0.6) is 0 Å². The van der Waals surface area contributed by atoms with Gasteiger partial charge in [-0.05, 0) is 56.0 Å². The predicted molar refractivity (Wildman–Crippen MR) is 83.0 cm³/mol. The van der Waals surface area contributed by atoms with Crippen LogP contribution in [0.4, 0.5) is 4.39 Å². The first-order valence-electron chi connectivity index (χ1n) is 6.99. The maximum absolute atomic E-state index is 13.2. The fourth-order valence-corrected chi connectivity index (χ4v) is 2.63. The third-order valence-electron chi connectivity index (χ3n) is 3.58. The summed E-state index contributed by atoms with van der Waals surface area (Å²) in [6, 6.07) is 8.88. The molecule has 0 unspecified atom stereocenters. The summed E-state index contributed by atoms with van der Waals surface area (Å²) in [7, 11) is 0. The van der Waals surface area contributed by atoms with E-state index >= 15 is 0 Å². The van der Waals surface area contributed by atoms with E-state index in [0.29, 0.717) is 12.1 Å². The highest BCUT2D eigenvalue weighted by Gasteiger charge is 2.12. The molecule has 1 N–H and O–H groups in total. The number of aryl methyl sites for hydroxylation is 4. The van der Waals surface area contributed by atoms with Gasteiger partial charge >= 0.3 is 0 Å². The van der Waals surface area contributed by atoms with Crippen LogP contribution < -0.4 is 5.32 Å². The van der Waals surface area contributed by atoms with Crippen LogP contribution in [0.3, 0.4) is 0 Å². The van der Waals surface area contributed by atoms with E-state index < -0.39 is 0 Å². The molecule has 2 aromatic rings. The van der Waals surface area contributed by atoms with E-state index in [1.165, 1.54) is 6.07 Å². The van der Waals surface area contributed by atoms with Crippen LogP contribution in [-0.2, 0) is 6.54 Å². The van der Waals surface area contributed by atoms with Gasteiger partial charge in [-0.2, -0.15) is 0 Å². The summed E-state index contributed by atoms with van der Waals surface area (Å²) in [5.41, 5.74) is 5.30. The van der Waals surface area contributed by atoms with Crippen molar-refractivity contribution in [3.63, 3.8) is 0 Å². The molecule has 0 heterocycles. The summed E-state index contributed by atoms with van der Waals surface area (Å²) in [6.45, 7) is 8.01. The Balaban J connectivity index is 2.13. The molecule has 0 saturated heterocycles. The average Bonchev–Trinajstić information content (AvgIpc) is 2.39. The maximum atomic E-state index is 13.2. The lowest BCUT2D eigenvalue weighted by Crippen LogP contribution is -2.24. The van der Waals surface area contributed by atoms with Crippen LogP contribution in [0.25, 0.3) is 0 Å². The van der Waals surface area contributed by atoms with E-state index in [0.717, 1.165) is 27.8 Å². The smallest absolute Gasteiger partial charge is 0.252 e. The standard InChI is InChI=1S/C18H20FNO/c1-11-7-13(3)17(14(4)8-11)18(21)20-10-15-5-6-16(19)12(2)9-15/h5-9H,10H2,1-4H3,(H,20,21). The van der Waals surface area contributed by atoms with Gasteiger partial charge < -0.3 is 5.32 Å². The summed E-state index contributed by atoms with van der Waals surface area (Å²) in [5.74, 6) is -0.317. The molecule has 0 bridgehead atoms. The van der Waals surface area contributed by atoms with E-state index in [2.05, 4.69) is 5.32 Å². The van der Waals surface area contributed by atoms with Gasteiger partial charge in [0.2, 0.25) is 0 Å². The lowest BCUT2D eigenvalue weighted by Gasteiger charge is -2.12. The zero-order valence-electron chi connectivity index (χ0n) is 12.9. The largest absolute Gasteiger partial charge is 0.348 e. The van der Waals surface area contributed by atoms with Crippen LogP contribution in [0.15, 0.2) is 30.3 Å². The van der Waals surface area contributed by atoms with Crippen molar-refractivity contribution < 1.29 is 9.18 Å². The number of carbonyl (C=O) groups is 1. The van der Waals surface area contributed by atoms with Gasteiger partial charge in [-0.1, -0.05) is 29.8 Å². The quantitative estimate of drug-likeness (QED) is 0.907. The van der Waals surface area contributed by atoms with E-state index in [1.807, 2.05) is 32.9 Å². The molecule has 0 spiro atoms. The molecule has 0 atom stereocenters. The van der Waals surface area contributed by atoms with Gasteiger partial charge in [-0.25, -0.2) is 4.39 Å². The summed E-state index contributed by atoms with van der Waals surface area (Å²) >= 11 is 0. The zero-order valence-corrected chi connectivity index (χ0v) is 12.9. The number of amides is 1. The zero-order chi connectivity index (χ0) is 15.6. The molecule has 0 aromatic heterocycles. The fraction of sp³-hybridized carbons (Fsp3) is 0.278. The Kier molecular flexibility index (Phi) is 4.41. The summed E-state index contributed by atoms with van der Waals surface area (Å²) in [4.78, 5) is 12.3. The fourth-order valence-electron chi connectivity index (χ4n) is 2.63. The number of benzene rings is 2. The average molecular weight is 285 g/mol. The van der Waals surface area contributed by atoms with Crippen LogP contribution >= 0.6 is 0 Å². The SMILES string of the molecule is Cc1cc(C)c(C(=O)NCc2ccc(F)c(C)c2)c(C)c1. The second-order valence-electron chi connectivity index (χ2n) is 5.54. The predicted octanol–water partition coefficient (Wildman–Crippen LogP) is 3.99. The highest BCUT2D eigenvalue weighted by Crippen LogP contribution is 2.16. The van der Waals surface area contributed by atoms with Gasteiger partial charge in [0.05, 0.1) is 0 Å². The Morgan fingerprint density at radius 1 is 1.00 bits per heavy atom. The minimum Gasteiger partial charge on any atom is -0.348 e. The number of hydrogen-bond acceptors (Lipinski definition) is 1. The van der Waals surface area contributed by atoms with E-state index in [1.54, 1.807) is 19.1 Å². The first-order valence-corrected chi connectivity index (χ1v) is 6.99. The molecule has 0 aliphatic heterocycles. The molecule has 0 aliphatic rings. The number of rotatable bonds is 3. The minimum atomic E-state index is -0.227. The molecular formula is C18H20FNO. The lowest BCUT2D eigenvalue weighted by molar-refractivity contribution is 0.0949. The molecule has 3 heteroatoms. The Hall–Kier alpha value is -2.16. The van der Waals surface area contributed by atoms with Crippen molar-refractivity contribution in [2.45, 2.75) is 34.2 Å². The molecule has 21 heavy (non-hydrogen) atoms. The Bertz CT molecular complexity index is 669. The summed E-state index contributed by atoms with van der Waals surface area (Å²) < 4.78 is 13.2. The van der Waals surface area contributed by atoms with Crippen molar-refractivity contribution in [3.8, 4) is 0 Å². The number of hydrogen-bond donors (Lipinski definition) is 1.